The summed E-state index contributed by atoms with van der Waals surface area (Å²) in [6, 6.07) is 7.79. The molecular weight excluding hydrogens is 369 g/mol. The summed E-state index contributed by atoms with van der Waals surface area (Å²) < 4.78 is 42.8. The van der Waals surface area contributed by atoms with Gasteiger partial charge in [-0.25, -0.2) is 0 Å². The fraction of sp³-hybridized carbons (Fsp3) is 0.278. The molecule has 0 bridgehead atoms. The molecule has 0 spiro atoms. The molecule has 4 nitrogen and oxygen atoms in total. The zero-order chi connectivity index (χ0) is 19.3. The zero-order valence-electron chi connectivity index (χ0n) is 14.2. The third kappa shape index (κ3) is 5.29. The van der Waals surface area contributed by atoms with Gasteiger partial charge < -0.3 is 15.4 Å². The molecule has 0 aliphatic heterocycles. The van der Waals surface area contributed by atoms with Gasteiger partial charge in [-0.1, -0.05) is 11.6 Å². The van der Waals surface area contributed by atoms with Crippen LogP contribution >= 0.6 is 11.6 Å². The number of rotatable bonds is 6. The maximum atomic E-state index is 12.5. The van der Waals surface area contributed by atoms with Gasteiger partial charge in [0.1, 0.15) is 5.75 Å². The molecule has 0 radical (unpaired) electrons. The Morgan fingerprint density at radius 3 is 2.42 bits per heavy atom. The molecule has 0 heterocycles. The van der Waals surface area contributed by atoms with Crippen molar-refractivity contribution >= 4 is 28.9 Å². The number of benzene rings is 2. The van der Waals surface area contributed by atoms with Gasteiger partial charge in [-0.05, 0) is 42.8 Å². The minimum Gasteiger partial charge on any atom is -0.495 e. The van der Waals surface area contributed by atoms with Gasteiger partial charge in [0, 0.05) is 29.7 Å². The van der Waals surface area contributed by atoms with E-state index in [0.29, 0.717) is 28.7 Å². The number of ether oxygens (including phenoxy) is 1. The molecule has 0 aliphatic rings. The second-order valence-electron chi connectivity index (χ2n) is 5.60. The van der Waals surface area contributed by atoms with Gasteiger partial charge in [0.2, 0.25) is 5.91 Å². The van der Waals surface area contributed by atoms with Crippen LogP contribution in [-0.4, -0.2) is 19.6 Å². The molecule has 2 N–H and O–H groups in total. The first-order valence-electron chi connectivity index (χ1n) is 7.76. The van der Waals surface area contributed by atoms with Crippen LogP contribution in [0.1, 0.15) is 17.5 Å². The smallest absolute Gasteiger partial charge is 0.416 e. The Morgan fingerprint density at radius 2 is 1.85 bits per heavy atom. The molecule has 140 valence electrons. The van der Waals surface area contributed by atoms with Gasteiger partial charge in [0.25, 0.3) is 0 Å². The molecule has 0 fully saturated rings. The predicted molar refractivity (Wildman–Crippen MR) is 95.9 cm³/mol. The van der Waals surface area contributed by atoms with E-state index in [1.165, 1.54) is 19.2 Å². The highest BCUT2D eigenvalue weighted by molar-refractivity contribution is 6.31. The van der Waals surface area contributed by atoms with Crippen LogP contribution < -0.4 is 15.4 Å². The number of halogens is 4. The van der Waals surface area contributed by atoms with Gasteiger partial charge >= 0.3 is 6.18 Å². The van der Waals surface area contributed by atoms with E-state index in [0.717, 1.165) is 17.7 Å². The van der Waals surface area contributed by atoms with Crippen molar-refractivity contribution in [3.05, 3.63) is 52.5 Å². The van der Waals surface area contributed by atoms with Crippen molar-refractivity contribution in [3.8, 4) is 5.75 Å². The molecule has 1 amide bonds. The molecule has 2 rings (SSSR count). The normalized spacial score (nSPS) is 11.2. The lowest BCUT2D eigenvalue weighted by molar-refractivity contribution is -0.137. The largest absolute Gasteiger partial charge is 0.495 e. The quantitative estimate of drug-likeness (QED) is 0.724. The molecule has 0 unspecified atom stereocenters. The first-order valence-corrected chi connectivity index (χ1v) is 8.13. The van der Waals surface area contributed by atoms with Gasteiger partial charge in [0.05, 0.1) is 18.4 Å². The molecule has 0 atom stereocenters. The van der Waals surface area contributed by atoms with Gasteiger partial charge in [0.15, 0.2) is 0 Å². The Labute approximate surface area is 154 Å². The molecule has 0 saturated carbocycles. The average molecular weight is 387 g/mol. The number of aryl methyl sites for hydroxylation is 1. The highest BCUT2D eigenvalue weighted by Gasteiger charge is 2.29. The Hall–Kier alpha value is -2.41. The maximum Gasteiger partial charge on any atom is 0.416 e. The second-order valence-corrected chi connectivity index (χ2v) is 6.01. The number of nitrogens with one attached hydrogen (secondary N) is 2. The summed E-state index contributed by atoms with van der Waals surface area (Å²) in [6.45, 7) is 2.17. The zero-order valence-corrected chi connectivity index (χ0v) is 15.0. The van der Waals surface area contributed by atoms with Crippen molar-refractivity contribution in [1.29, 1.82) is 0 Å². The van der Waals surface area contributed by atoms with Crippen molar-refractivity contribution in [2.24, 2.45) is 0 Å². The summed E-state index contributed by atoms with van der Waals surface area (Å²) >= 11 is 6.04. The molecule has 0 saturated heterocycles. The Kier molecular flexibility index (Phi) is 6.37. The standard InChI is InChI=1S/C18H18ClF3N2O2/c1-11-9-15(16(26-2)10-14(11)19)23-8-7-17(25)24-13-5-3-12(4-6-13)18(20,21)22/h3-6,9-10,23H,7-8H2,1-2H3,(H,24,25). The van der Waals surface area contributed by atoms with Crippen LogP contribution in [0.3, 0.4) is 0 Å². The number of anilines is 2. The van der Waals surface area contributed by atoms with E-state index < -0.39 is 11.7 Å². The molecule has 0 aromatic heterocycles. The summed E-state index contributed by atoms with van der Waals surface area (Å²) in [5.74, 6) is 0.241. The third-order valence-corrected chi connectivity index (χ3v) is 4.05. The highest BCUT2D eigenvalue weighted by atomic mass is 35.5. The van der Waals surface area contributed by atoms with E-state index in [4.69, 9.17) is 16.3 Å². The topological polar surface area (TPSA) is 50.4 Å². The maximum absolute atomic E-state index is 12.5. The van der Waals surface area contributed by atoms with E-state index in [2.05, 4.69) is 10.6 Å². The lowest BCUT2D eigenvalue weighted by Gasteiger charge is -2.13. The van der Waals surface area contributed by atoms with Crippen LogP contribution in [0.4, 0.5) is 24.5 Å². The minimum absolute atomic E-state index is 0.131. The molecule has 0 aliphatic carbocycles. The number of methoxy groups -OCH3 is 1. The summed E-state index contributed by atoms with van der Waals surface area (Å²) in [6.07, 6.45) is -4.27. The fourth-order valence-electron chi connectivity index (χ4n) is 2.25. The summed E-state index contributed by atoms with van der Waals surface area (Å²) in [7, 11) is 1.52. The van der Waals surface area contributed by atoms with Gasteiger partial charge in [-0.2, -0.15) is 13.2 Å². The van der Waals surface area contributed by atoms with E-state index in [1.807, 2.05) is 13.0 Å². The lowest BCUT2D eigenvalue weighted by atomic mass is 10.2. The summed E-state index contributed by atoms with van der Waals surface area (Å²) in [4.78, 5) is 11.9. The highest BCUT2D eigenvalue weighted by Crippen LogP contribution is 2.31. The van der Waals surface area contributed by atoms with E-state index in [-0.39, 0.29) is 12.3 Å². The number of amides is 1. The van der Waals surface area contributed by atoms with Gasteiger partial charge in [-0.3, -0.25) is 4.79 Å². The molecule has 2 aromatic rings. The second kappa shape index (κ2) is 8.31. The number of carbonyl (C=O) groups is 1. The van der Waals surface area contributed by atoms with Crippen LogP contribution in [0.5, 0.6) is 5.75 Å². The fourth-order valence-corrected chi connectivity index (χ4v) is 2.40. The van der Waals surface area contributed by atoms with Crippen LogP contribution in [0.25, 0.3) is 0 Å². The first-order chi connectivity index (χ1) is 12.2. The first kappa shape index (κ1) is 19.9. The number of carbonyl (C=O) groups excluding carboxylic acids is 1. The van der Waals surface area contributed by atoms with Crippen LogP contribution in [0.2, 0.25) is 5.02 Å². The lowest BCUT2D eigenvalue weighted by Crippen LogP contribution is -2.16. The molecule has 26 heavy (non-hydrogen) atoms. The Bertz CT molecular complexity index is 777. The van der Waals surface area contributed by atoms with E-state index >= 15 is 0 Å². The number of hydrogen-bond donors (Lipinski definition) is 2. The van der Waals surface area contributed by atoms with Crippen LogP contribution in [0, 0.1) is 6.92 Å². The monoisotopic (exact) mass is 386 g/mol. The SMILES string of the molecule is COc1cc(Cl)c(C)cc1NCCC(=O)Nc1ccc(C(F)(F)F)cc1. The number of hydrogen-bond acceptors (Lipinski definition) is 3. The Balaban J connectivity index is 1.89. The average Bonchev–Trinajstić information content (AvgIpc) is 2.57. The summed E-state index contributed by atoms with van der Waals surface area (Å²) in [5, 5.41) is 6.22. The molecule has 8 heteroatoms. The van der Waals surface area contributed by atoms with Crippen molar-refractivity contribution in [2.75, 3.05) is 24.3 Å². The van der Waals surface area contributed by atoms with Crippen molar-refractivity contribution < 1.29 is 22.7 Å². The molecular formula is C18H18ClF3N2O2. The minimum atomic E-state index is -4.40. The van der Waals surface area contributed by atoms with E-state index in [1.54, 1.807) is 6.07 Å². The predicted octanol–water partition coefficient (Wildman–Crippen LogP) is 5.12. The van der Waals surface area contributed by atoms with Crippen molar-refractivity contribution in [1.82, 2.24) is 0 Å². The van der Waals surface area contributed by atoms with Crippen LogP contribution in [-0.2, 0) is 11.0 Å². The molecule has 2 aromatic carbocycles. The third-order valence-electron chi connectivity index (χ3n) is 3.64. The van der Waals surface area contributed by atoms with Crippen molar-refractivity contribution in [2.45, 2.75) is 19.5 Å². The van der Waals surface area contributed by atoms with E-state index in [9.17, 15) is 18.0 Å². The van der Waals surface area contributed by atoms with Crippen molar-refractivity contribution in [3.63, 3.8) is 0 Å². The number of alkyl halides is 3. The van der Waals surface area contributed by atoms with Crippen LogP contribution in [0.15, 0.2) is 36.4 Å². The summed E-state index contributed by atoms with van der Waals surface area (Å²) in [5.41, 5.74) is 1.12. The van der Waals surface area contributed by atoms with Gasteiger partial charge in [-0.15, -0.1) is 0 Å². The Morgan fingerprint density at radius 1 is 1.19 bits per heavy atom.